The summed E-state index contributed by atoms with van der Waals surface area (Å²) in [7, 11) is -1.54. The Morgan fingerprint density at radius 3 is 2.25 bits per heavy atom. The van der Waals surface area contributed by atoms with E-state index in [1.165, 1.54) is 6.26 Å². The van der Waals surface area contributed by atoms with Gasteiger partial charge in [-0.25, -0.2) is 8.42 Å². The van der Waals surface area contributed by atoms with Crippen LogP contribution in [0.2, 0.25) is 0 Å². The zero-order chi connectivity index (χ0) is 12.2. The van der Waals surface area contributed by atoms with Crippen LogP contribution in [0.3, 0.4) is 0 Å². The van der Waals surface area contributed by atoms with Crippen LogP contribution in [0.25, 0.3) is 0 Å². The Hall–Kier alpha value is -1.36. The Balaban J connectivity index is 2.69. The van der Waals surface area contributed by atoms with Gasteiger partial charge < -0.3 is 5.32 Å². The number of carbonyl (C=O) groups excluding carboxylic acids is 1. The maximum atomic E-state index is 11.2. The third-order valence-corrected chi connectivity index (χ3v) is 3.40. The zero-order valence-electron chi connectivity index (χ0n) is 9.36. The van der Waals surface area contributed by atoms with E-state index in [1.54, 1.807) is 31.3 Å². The third kappa shape index (κ3) is 3.66. The van der Waals surface area contributed by atoms with Crippen molar-refractivity contribution in [2.75, 3.05) is 13.3 Å². The van der Waals surface area contributed by atoms with Gasteiger partial charge in [0.2, 0.25) is 5.91 Å². The molecule has 0 spiro atoms. The quantitative estimate of drug-likeness (QED) is 0.846. The number of sulfone groups is 1. The summed E-state index contributed by atoms with van der Waals surface area (Å²) >= 11 is 0. The van der Waals surface area contributed by atoms with Gasteiger partial charge in [0.15, 0.2) is 9.84 Å². The van der Waals surface area contributed by atoms with E-state index in [1.807, 2.05) is 0 Å². The topological polar surface area (TPSA) is 63.2 Å². The van der Waals surface area contributed by atoms with Crippen LogP contribution in [-0.2, 0) is 21.1 Å². The predicted octanol–water partition coefficient (Wildman–Crippen LogP) is 0.769. The molecule has 4 nitrogen and oxygen atoms in total. The van der Waals surface area contributed by atoms with Crippen molar-refractivity contribution in [3.63, 3.8) is 0 Å². The van der Waals surface area contributed by atoms with E-state index in [-0.39, 0.29) is 5.91 Å². The van der Waals surface area contributed by atoms with Gasteiger partial charge in [-0.2, -0.15) is 0 Å². The van der Waals surface area contributed by atoms with Crippen molar-refractivity contribution in [3.8, 4) is 0 Å². The molecule has 0 fully saturated rings. The normalized spacial score (nSPS) is 11.1. The maximum Gasteiger partial charge on any atom is 0.220 e. The molecule has 16 heavy (non-hydrogen) atoms. The van der Waals surface area contributed by atoms with Gasteiger partial charge in [-0.1, -0.05) is 12.1 Å². The van der Waals surface area contributed by atoms with E-state index in [0.29, 0.717) is 17.7 Å². The van der Waals surface area contributed by atoms with Crippen molar-refractivity contribution in [2.45, 2.75) is 17.7 Å². The summed E-state index contributed by atoms with van der Waals surface area (Å²) in [5.41, 5.74) is 0.955. The summed E-state index contributed by atoms with van der Waals surface area (Å²) in [4.78, 5) is 11.3. The van der Waals surface area contributed by atoms with Crippen molar-refractivity contribution in [2.24, 2.45) is 0 Å². The molecular formula is C11H15NO3S. The average molecular weight is 241 g/mol. The van der Waals surface area contributed by atoms with Crippen LogP contribution in [0.15, 0.2) is 29.2 Å². The first-order valence-electron chi connectivity index (χ1n) is 4.93. The van der Waals surface area contributed by atoms with Gasteiger partial charge in [0.1, 0.15) is 0 Å². The molecule has 1 amide bonds. The highest BCUT2D eigenvalue weighted by Crippen LogP contribution is 2.11. The fourth-order valence-corrected chi connectivity index (χ4v) is 1.92. The number of aryl methyl sites for hydroxylation is 1. The second-order valence-corrected chi connectivity index (χ2v) is 5.61. The molecule has 0 saturated heterocycles. The molecule has 1 N–H and O–H groups in total. The van der Waals surface area contributed by atoms with Gasteiger partial charge in [-0.05, 0) is 24.1 Å². The number of hydrogen-bond acceptors (Lipinski definition) is 3. The fourth-order valence-electron chi connectivity index (χ4n) is 1.29. The van der Waals surface area contributed by atoms with E-state index >= 15 is 0 Å². The fraction of sp³-hybridized carbons (Fsp3) is 0.364. The van der Waals surface area contributed by atoms with Crippen LogP contribution >= 0.6 is 0 Å². The predicted molar refractivity (Wildman–Crippen MR) is 61.9 cm³/mol. The van der Waals surface area contributed by atoms with Crippen molar-refractivity contribution >= 4 is 15.7 Å². The summed E-state index contributed by atoms with van der Waals surface area (Å²) in [6.45, 7) is 0. The molecule has 1 aromatic rings. The van der Waals surface area contributed by atoms with Crippen LogP contribution in [0.1, 0.15) is 12.0 Å². The van der Waals surface area contributed by atoms with Crippen LogP contribution in [0.5, 0.6) is 0 Å². The minimum absolute atomic E-state index is 0.0211. The monoisotopic (exact) mass is 241 g/mol. The summed E-state index contributed by atoms with van der Waals surface area (Å²) in [6.07, 6.45) is 2.20. The lowest BCUT2D eigenvalue weighted by Crippen LogP contribution is -2.17. The Labute approximate surface area is 95.6 Å². The molecular weight excluding hydrogens is 226 g/mol. The van der Waals surface area contributed by atoms with Gasteiger partial charge in [0.25, 0.3) is 0 Å². The Morgan fingerprint density at radius 1 is 1.25 bits per heavy atom. The van der Waals surface area contributed by atoms with Crippen molar-refractivity contribution in [1.29, 1.82) is 0 Å². The summed E-state index contributed by atoms with van der Waals surface area (Å²) in [5, 5.41) is 2.54. The molecule has 0 aliphatic rings. The maximum absolute atomic E-state index is 11.2. The lowest BCUT2D eigenvalue weighted by atomic mass is 10.1. The SMILES string of the molecule is CNC(=O)CCc1ccc(S(C)(=O)=O)cc1. The molecule has 0 heterocycles. The van der Waals surface area contributed by atoms with Gasteiger partial charge in [0, 0.05) is 19.7 Å². The lowest BCUT2D eigenvalue weighted by molar-refractivity contribution is -0.120. The van der Waals surface area contributed by atoms with E-state index in [9.17, 15) is 13.2 Å². The molecule has 0 bridgehead atoms. The largest absolute Gasteiger partial charge is 0.359 e. The highest BCUT2D eigenvalue weighted by molar-refractivity contribution is 7.90. The molecule has 0 aliphatic heterocycles. The third-order valence-electron chi connectivity index (χ3n) is 2.27. The molecule has 1 aromatic carbocycles. The molecule has 0 unspecified atom stereocenters. The van der Waals surface area contributed by atoms with E-state index < -0.39 is 9.84 Å². The van der Waals surface area contributed by atoms with Crippen LogP contribution in [-0.4, -0.2) is 27.6 Å². The van der Waals surface area contributed by atoms with E-state index in [4.69, 9.17) is 0 Å². The molecule has 0 saturated carbocycles. The second kappa shape index (κ2) is 5.12. The van der Waals surface area contributed by atoms with E-state index in [0.717, 1.165) is 5.56 Å². The molecule has 0 aromatic heterocycles. The second-order valence-electron chi connectivity index (χ2n) is 3.59. The number of benzene rings is 1. The Morgan fingerprint density at radius 2 is 1.81 bits per heavy atom. The molecule has 1 rings (SSSR count). The number of hydrogen-bond donors (Lipinski definition) is 1. The number of nitrogens with one attached hydrogen (secondary N) is 1. The molecule has 88 valence electrons. The molecule has 0 atom stereocenters. The smallest absolute Gasteiger partial charge is 0.220 e. The van der Waals surface area contributed by atoms with Gasteiger partial charge in [-0.3, -0.25) is 4.79 Å². The molecule has 0 radical (unpaired) electrons. The summed E-state index contributed by atoms with van der Waals surface area (Å²) < 4.78 is 22.4. The minimum atomic E-state index is -3.13. The summed E-state index contributed by atoms with van der Waals surface area (Å²) in [6, 6.07) is 6.60. The molecule has 5 heteroatoms. The zero-order valence-corrected chi connectivity index (χ0v) is 10.2. The lowest BCUT2D eigenvalue weighted by Gasteiger charge is -2.02. The summed E-state index contributed by atoms with van der Waals surface area (Å²) in [5.74, 6) is -0.0211. The van der Waals surface area contributed by atoms with Crippen molar-refractivity contribution < 1.29 is 13.2 Å². The average Bonchev–Trinajstić information content (AvgIpc) is 2.25. The number of rotatable bonds is 4. The van der Waals surface area contributed by atoms with Crippen LogP contribution in [0, 0.1) is 0 Å². The van der Waals surface area contributed by atoms with E-state index in [2.05, 4.69) is 5.32 Å². The van der Waals surface area contributed by atoms with Gasteiger partial charge in [-0.15, -0.1) is 0 Å². The highest BCUT2D eigenvalue weighted by atomic mass is 32.2. The Kier molecular flexibility index (Phi) is 4.06. The first-order valence-corrected chi connectivity index (χ1v) is 6.82. The minimum Gasteiger partial charge on any atom is -0.359 e. The standard InChI is InChI=1S/C11H15NO3S/c1-12-11(13)8-5-9-3-6-10(7-4-9)16(2,14)15/h3-4,6-7H,5,8H2,1-2H3,(H,12,13). The highest BCUT2D eigenvalue weighted by Gasteiger charge is 2.06. The first kappa shape index (κ1) is 12.7. The first-order chi connectivity index (χ1) is 7.43. The number of amides is 1. The van der Waals surface area contributed by atoms with Crippen molar-refractivity contribution in [1.82, 2.24) is 5.32 Å². The van der Waals surface area contributed by atoms with Crippen molar-refractivity contribution in [3.05, 3.63) is 29.8 Å². The molecule has 0 aliphatic carbocycles. The van der Waals surface area contributed by atoms with Gasteiger partial charge >= 0.3 is 0 Å². The Bertz CT molecular complexity index is 463. The van der Waals surface area contributed by atoms with Crippen LogP contribution in [0.4, 0.5) is 0 Å². The van der Waals surface area contributed by atoms with Crippen LogP contribution < -0.4 is 5.32 Å². The van der Waals surface area contributed by atoms with Gasteiger partial charge in [0.05, 0.1) is 4.90 Å². The number of carbonyl (C=O) groups is 1.